The number of halogens is 1. The minimum absolute atomic E-state index is 0.0538. The van der Waals surface area contributed by atoms with Gasteiger partial charge in [-0.2, -0.15) is 4.72 Å². The molecule has 2 rings (SSSR count). The van der Waals surface area contributed by atoms with Crippen LogP contribution in [0.3, 0.4) is 0 Å². The van der Waals surface area contributed by atoms with E-state index in [1.54, 1.807) is 0 Å². The first-order valence-electron chi connectivity index (χ1n) is 9.49. The van der Waals surface area contributed by atoms with Crippen molar-refractivity contribution in [2.24, 2.45) is 0 Å². The van der Waals surface area contributed by atoms with Crippen molar-refractivity contribution in [3.63, 3.8) is 0 Å². The van der Waals surface area contributed by atoms with Crippen LogP contribution in [-0.2, 0) is 26.0 Å². The van der Waals surface area contributed by atoms with E-state index < -0.39 is 16.1 Å². The number of hydrogen-bond acceptors (Lipinski definition) is 4. The number of carbonyl (C=O) groups is 1. The largest absolute Gasteiger partial charge is 0.379 e. The predicted octanol–water partition coefficient (Wildman–Crippen LogP) is 3.16. The Bertz CT molecular complexity index is 871. The number of sulfonamides is 1. The fraction of sp³-hybridized carbons (Fsp3) is 0.381. The van der Waals surface area contributed by atoms with E-state index in [-0.39, 0.29) is 23.3 Å². The third-order valence-electron chi connectivity index (χ3n) is 4.09. The molecule has 0 aliphatic rings. The van der Waals surface area contributed by atoms with Crippen molar-refractivity contribution in [3.8, 4) is 0 Å². The Balaban J connectivity index is 2.08. The molecule has 0 bridgehead atoms. The highest BCUT2D eigenvalue weighted by molar-refractivity contribution is 7.89. The Hall–Kier alpha value is -1.93. The summed E-state index contributed by atoms with van der Waals surface area (Å²) in [6.45, 7) is 4.82. The van der Waals surface area contributed by atoms with E-state index in [2.05, 4.69) is 10.0 Å². The summed E-state index contributed by atoms with van der Waals surface area (Å²) in [6, 6.07) is 14.1. The molecule has 2 N–H and O–H groups in total. The molecule has 0 radical (unpaired) electrons. The molecule has 0 fully saturated rings. The summed E-state index contributed by atoms with van der Waals surface area (Å²) in [6.07, 6.45) is 1.01. The molecule has 1 atom stereocenters. The Labute approximate surface area is 177 Å². The van der Waals surface area contributed by atoms with Crippen LogP contribution in [0.25, 0.3) is 0 Å². The Morgan fingerprint density at radius 3 is 2.34 bits per heavy atom. The van der Waals surface area contributed by atoms with E-state index >= 15 is 0 Å². The molecular formula is C21H27ClN2O4S. The number of rotatable bonds is 11. The molecule has 0 aromatic heterocycles. The number of hydrogen-bond donors (Lipinski definition) is 2. The lowest BCUT2D eigenvalue weighted by Crippen LogP contribution is -2.48. The van der Waals surface area contributed by atoms with E-state index in [1.165, 1.54) is 24.3 Å². The number of carbonyl (C=O) groups excluding carboxylic acids is 1. The van der Waals surface area contributed by atoms with Gasteiger partial charge in [-0.05, 0) is 56.5 Å². The first-order chi connectivity index (χ1) is 13.8. The molecule has 1 amide bonds. The Morgan fingerprint density at radius 1 is 1.07 bits per heavy atom. The van der Waals surface area contributed by atoms with Gasteiger partial charge < -0.3 is 10.1 Å². The fourth-order valence-electron chi connectivity index (χ4n) is 2.63. The highest BCUT2D eigenvalue weighted by Gasteiger charge is 2.26. The normalized spacial score (nSPS) is 12.7. The molecule has 0 heterocycles. The smallest absolute Gasteiger partial charge is 0.241 e. The van der Waals surface area contributed by atoms with Crippen molar-refractivity contribution < 1.29 is 17.9 Å². The van der Waals surface area contributed by atoms with Gasteiger partial charge in [0.05, 0.1) is 11.0 Å². The minimum atomic E-state index is -3.88. The van der Waals surface area contributed by atoms with Crippen molar-refractivity contribution in [1.29, 1.82) is 0 Å². The van der Waals surface area contributed by atoms with Gasteiger partial charge in [0.15, 0.2) is 0 Å². The average Bonchev–Trinajstić information content (AvgIpc) is 2.68. The highest BCUT2D eigenvalue weighted by atomic mass is 35.5. The maximum atomic E-state index is 12.7. The van der Waals surface area contributed by atoms with E-state index in [0.29, 0.717) is 24.6 Å². The molecule has 0 saturated heterocycles. The van der Waals surface area contributed by atoms with Crippen LogP contribution < -0.4 is 10.0 Å². The van der Waals surface area contributed by atoms with Crippen molar-refractivity contribution in [3.05, 3.63) is 65.2 Å². The van der Waals surface area contributed by atoms with Crippen LogP contribution in [0.4, 0.5) is 0 Å². The summed E-state index contributed by atoms with van der Waals surface area (Å²) in [5.74, 6) is -0.379. The maximum Gasteiger partial charge on any atom is 0.241 e. The Kier molecular flexibility index (Phi) is 9.10. The summed E-state index contributed by atoms with van der Waals surface area (Å²) < 4.78 is 33.5. The quantitative estimate of drug-likeness (QED) is 0.528. The van der Waals surface area contributed by atoms with Crippen LogP contribution in [0.2, 0.25) is 5.02 Å². The van der Waals surface area contributed by atoms with Gasteiger partial charge in [0.25, 0.3) is 0 Å². The van der Waals surface area contributed by atoms with Crippen molar-refractivity contribution >= 4 is 27.5 Å². The van der Waals surface area contributed by atoms with E-state index in [0.717, 1.165) is 5.56 Å². The molecule has 2 aromatic rings. The van der Waals surface area contributed by atoms with Gasteiger partial charge in [-0.25, -0.2) is 8.42 Å². The van der Waals surface area contributed by atoms with Gasteiger partial charge in [0, 0.05) is 18.2 Å². The van der Waals surface area contributed by atoms with Crippen molar-refractivity contribution in [1.82, 2.24) is 10.0 Å². The molecule has 0 unspecified atom stereocenters. The standard InChI is InChI=1S/C21H27ClN2O4S/c1-16(2)28-14-6-13-23-21(25)20(15-17-7-4-3-5-8-17)24-29(26,27)19-11-9-18(22)10-12-19/h3-5,7-12,16,20,24H,6,13-15H2,1-2H3,(H,23,25)/t20-/m0/s1. The molecule has 29 heavy (non-hydrogen) atoms. The second-order valence-electron chi connectivity index (χ2n) is 6.88. The molecule has 6 nitrogen and oxygen atoms in total. The van der Waals surface area contributed by atoms with Crippen LogP contribution in [0, 0.1) is 0 Å². The molecule has 158 valence electrons. The van der Waals surface area contributed by atoms with Gasteiger partial charge >= 0.3 is 0 Å². The van der Waals surface area contributed by atoms with Crippen molar-refractivity contribution in [2.45, 2.75) is 43.7 Å². The first-order valence-corrected chi connectivity index (χ1v) is 11.3. The van der Waals surface area contributed by atoms with E-state index in [4.69, 9.17) is 16.3 Å². The molecule has 8 heteroatoms. The molecule has 0 spiro atoms. The zero-order chi connectivity index (χ0) is 21.3. The second-order valence-corrected chi connectivity index (χ2v) is 9.03. The van der Waals surface area contributed by atoms with E-state index in [1.807, 2.05) is 44.2 Å². The van der Waals surface area contributed by atoms with Gasteiger partial charge in [-0.3, -0.25) is 4.79 Å². The third-order valence-corrected chi connectivity index (χ3v) is 5.83. The topological polar surface area (TPSA) is 84.5 Å². The fourth-order valence-corrected chi connectivity index (χ4v) is 3.95. The van der Waals surface area contributed by atoms with Gasteiger partial charge in [-0.15, -0.1) is 0 Å². The van der Waals surface area contributed by atoms with Crippen LogP contribution in [0.15, 0.2) is 59.5 Å². The van der Waals surface area contributed by atoms with E-state index in [9.17, 15) is 13.2 Å². The second kappa shape index (κ2) is 11.3. The number of amides is 1. The summed E-state index contributed by atoms with van der Waals surface area (Å²) in [4.78, 5) is 12.8. The van der Waals surface area contributed by atoms with Crippen LogP contribution in [-0.4, -0.2) is 39.6 Å². The predicted molar refractivity (Wildman–Crippen MR) is 114 cm³/mol. The lowest BCUT2D eigenvalue weighted by atomic mass is 10.1. The van der Waals surface area contributed by atoms with Gasteiger partial charge in [0.1, 0.15) is 6.04 Å². The molecular weight excluding hydrogens is 412 g/mol. The lowest BCUT2D eigenvalue weighted by molar-refractivity contribution is -0.122. The average molecular weight is 439 g/mol. The van der Waals surface area contributed by atoms with Crippen LogP contribution in [0.5, 0.6) is 0 Å². The molecule has 0 aliphatic carbocycles. The monoisotopic (exact) mass is 438 g/mol. The van der Waals surface area contributed by atoms with Crippen LogP contribution in [0.1, 0.15) is 25.8 Å². The van der Waals surface area contributed by atoms with Crippen molar-refractivity contribution in [2.75, 3.05) is 13.2 Å². The number of benzene rings is 2. The SMILES string of the molecule is CC(C)OCCCNC(=O)[C@H](Cc1ccccc1)NS(=O)(=O)c1ccc(Cl)cc1. The molecule has 0 saturated carbocycles. The maximum absolute atomic E-state index is 12.7. The lowest BCUT2D eigenvalue weighted by Gasteiger charge is -2.19. The van der Waals surface area contributed by atoms with Crippen LogP contribution >= 0.6 is 11.6 Å². The summed E-state index contributed by atoms with van der Waals surface area (Å²) in [5, 5.41) is 3.23. The highest BCUT2D eigenvalue weighted by Crippen LogP contribution is 2.15. The minimum Gasteiger partial charge on any atom is -0.379 e. The number of nitrogens with one attached hydrogen (secondary N) is 2. The number of ether oxygens (including phenoxy) is 1. The van der Waals surface area contributed by atoms with Gasteiger partial charge in [0.2, 0.25) is 15.9 Å². The third kappa shape index (κ3) is 8.14. The summed E-state index contributed by atoms with van der Waals surface area (Å²) in [5.41, 5.74) is 0.856. The zero-order valence-electron chi connectivity index (χ0n) is 16.6. The van der Waals surface area contributed by atoms with Gasteiger partial charge in [-0.1, -0.05) is 41.9 Å². The molecule has 0 aliphatic heterocycles. The summed E-state index contributed by atoms with van der Waals surface area (Å²) in [7, 11) is -3.88. The Morgan fingerprint density at radius 2 is 1.72 bits per heavy atom. The first kappa shape index (κ1) is 23.3. The molecule has 2 aromatic carbocycles. The summed E-state index contributed by atoms with van der Waals surface area (Å²) >= 11 is 5.84. The zero-order valence-corrected chi connectivity index (χ0v) is 18.2.